The highest BCUT2D eigenvalue weighted by Crippen LogP contribution is 2.30. The largest absolute Gasteiger partial charge is 0.481 e. The lowest BCUT2D eigenvalue weighted by atomic mass is 9.90. The second-order valence-electron chi connectivity index (χ2n) is 4.99. The van der Waals surface area contributed by atoms with Crippen LogP contribution in [0.2, 0.25) is 0 Å². The van der Waals surface area contributed by atoms with Gasteiger partial charge in [-0.3, -0.25) is 4.79 Å². The minimum Gasteiger partial charge on any atom is -0.481 e. The Morgan fingerprint density at radius 1 is 1.35 bits per heavy atom. The van der Waals surface area contributed by atoms with Gasteiger partial charge in [-0.2, -0.15) is 0 Å². The Balaban J connectivity index is 2.00. The van der Waals surface area contributed by atoms with Gasteiger partial charge in [0.25, 0.3) is 0 Å². The van der Waals surface area contributed by atoms with E-state index < -0.39 is 11.9 Å². The van der Waals surface area contributed by atoms with Gasteiger partial charge in [-0.05, 0) is 18.1 Å². The Kier molecular flexibility index (Phi) is 3.10. The Hall–Kier alpha value is -2.43. The third kappa shape index (κ3) is 2.22. The molecule has 1 atom stereocenters. The van der Waals surface area contributed by atoms with Crippen LogP contribution in [0.3, 0.4) is 0 Å². The quantitative estimate of drug-likeness (QED) is 0.903. The van der Waals surface area contributed by atoms with Gasteiger partial charge in [-0.15, -0.1) is 0 Å². The molecule has 1 aromatic heterocycles. The van der Waals surface area contributed by atoms with Gasteiger partial charge < -0.3 is 10.0 Å². The lowest BCUT2D eigenvalue weighted by Gasteiger charge is -2.33. The Morgan fingerprint density at radius 2 is 2.15 bits per heavy atom. The zero-order chi connectivity index (χ0) is 14.1. The number of rotatable bonds is 2. The molecule has 2 heterocycles. The number of aromatic nitrogens is 2. The fraction of sp³-hybridized carbons (Fsp3) is 0.267. The van der Waals surface area contributed by atoms with E-state index >= 15 is 0 Å². The Bertz CT molecular complexity index is 657. The molecule has 0 fully saturated rings. The first-order chi connectivity index (χ1) is 9.65. The van der Waals surface area contributed by atoms with Crippen molar-refractivity contribution >= 4 is 11.8 Å². The fourth-order valence-electron chi connectivity index (χ4n) is 2.61. The first kappa shape index (κ1) is 12.6. The van der Waals surface area contributed by atoms with E-state index in [0.717, 1.165) is 22.6 Å². The van der Waals surface area contributed by atoms with E-state index in [4.69, 9.17) is 0 Å². The van der Waals surface area contributed by atoms with E-state index in [2.05, 4.69) is 9.97 Å². The molecule has 1 aromatic carbocycles. The molecular weight excluding hydrogens is 254 g/mol. The molecule has 1 N–H and O–H groups in total. The molecule has 2 aromatic rings. The number of nitrogens with zero attached hydrogens (tertiary/aromatic N) is 3. The molecule has 0 saturated carbocycles. The van der Waals surface area contributed by atoms with Crippen LogP contribution < -0.4 is 4.90 Å². The Labute approximate surface area is 116 Å². The predicted molar refractivity (Wildman–Crippen MR) is 74.6 cm³/mol. The molecular formula is C15H15N3O2. The molecule has 3 rings (SSSR count). The van der Waals surface area contributed by atoms with Crippen LogP contribution in [0.5, 0.6) is 0 Å². The average molecular weight is 269 g/mol. The van der Waals surface area contributed by atoms with Crippen LogP contribution in [0.4, 0.5) is 5.82 Å². The number of carbonyl (C=O) groups is 1. The summed E-state index contributed by atoms with van der Waals surface area (Å²) >= 11 is 0. The molecule has 102 valence electrons. The molecule has 1 unspecified atom stereocenters. The first-order valence-corrected chi connectivity index (χ1v) is 6.49. The summed E-state index contributed by atoms with van der Waals surface area (Å²) in [5.41, 5.74) is 2.82. The zero-order valence-electron chi connectivity index (χ0n) is 11.2. The van der Waals surface area contributed by atoms with Gasteiger partial charge in [0.05, 0.1) is 5.92 Å². The summed E-state index contributed by atoms with van der Waals surface area (Å²) in [5, 5.41) is 9.44. The molecule has 0 bridgehead atoms. The molecule has 0 amide bonds. The summed E-state index contributed by atoms with van der Waals surface area (Å²) in [6, 6.07) is 9.58. The molecule has 1 aliphatic heterocycles. The standard InChI is InChI=1S/C15H15N3O2/c1-10-6-14(17-9-16-10)18-7-11-4-2-3-5-12(11)13(8-18)15(19)20/h2-6,9,13H,7-8H2,1H3,(H,19,20). The summed E-state index contributed by atoms with van der Waals surface area (Å²) in [6.07, 6.45) is 1.51. The number of benzene rings is 1. The second-order valence-corrected chi connectivity index (χ2v) is 4.99. The van der Waals surface area contributed by atoms with E-state index in [1.807, 2.05) is 42.2 Å². The normalized spacial score (nSPS) is 17.6. The third-order valence-corrected chi connectivity index (χ3v) is 3.61. The van der Waals surface area contributed by atoms with Crippen molar-refractivity contribution in [2.75, 3.05) is 11.4 Å². The summed E-state index contributed by atoms with van der Waals surface area (Å²) in [7, 11) is 0. The average Bonchev–Trinajstić information content (AvgIpc) is 2.46. The van der Waals surface area contributed by atoms with Crippen molar-refractivity contribution < 1.29 is 9.90 Å². The number of aryl methyl sites for hydroxylation is 1. The van der Waals surface area contributed by atoms with E-state index in [1.54, 1.807) is 0 Å². The zero-order valence-corrected chi connectivity index (χ0v) is 11.2. The predicted octanol–water partition coefficient (Wildman–Crippen LogP) is 1.97. The highest BCUT2D eigenvalue weighted by atomic mass is 16.4. The van der Waals surface area contributed by atoms with Crippen molar-refractivity contribution in [3.63, 3.8) is 0 Å². The topological polar surface area (TPSA) is 66.3 Å². The van der Waals surface area contributed by atoms with Crippen LogP contribution in [-0.4, -0.2) is 27.6 Å². The smallest absolute Gasteiger partial charge is 0.312 e. The SMILES string of the molecule is Cc1cc(N2Cc3ccccc3C(C(=O)O)C2)ncn1. The van der Waals surface area contributed by atoms with Crippen LogP contribution >= 0.6 is 0 Å². The summed E-state index contributed by atoms with van der Waals surface area (Å²) in [4.78, 5) is 21.8. The van der Waals surface area contributed by atoms with Crippen molar-refractivity contribution in [2.24, 2.45) is 0 Å². The number of hydrogen-bond acceptors (Lipinski definition) is 4. The van der Waals surface area contributed by atoms with Gasteiger partial charge in [-0.1, -0.05) is 24.3 Å². The van der Waals surface area contributed by atoms with Crippen molar-refractivity contribution in [1.82, 2.24) is 9.97 Å². The number of anilines is 1. The van der Waals surface area contributed by atoms with Gasteiger partial charge in [0.2, 0.25) is 0 Å². The van der Waals surface area contributed by atoms with Crippen molar-refractivity contribution in [3.8, 4) is 0 Å². The maximum absolute atomic E-state index is 11.5. The number of fused-ring (bicyclic) bond motifs is 1. The highest BCUT2D eigenvalue weighted by molar-refractivity contribution is 5.78. The van der Waals surface area contributed by atoms with Crippen LogP contribution in [0, 0.1) is 6.92 Å². The molecule has 0 spiro atoms. The molecule has 1 aliphatic rings. The van der Waals surface area contributed by atoms with Crippen molar-refractivity contribution in [2.45, 2.75) is 19.4 Å². The van der Waals surface area contributed by atoms with Gasteiger partial charge in [0.1, 0.15) is 12.1 Å². The summed E-state index contributed by atoms with van der Waals surface area (Å²) in [6.45, 7) is 3.01. The van der Waals surface area contributed by atoms with E-state index in [1.165, 1.54) is 6.33 Å². The lowest BCUT2D eigenvalue weighted by Crippen LogP contribution is -2.37. The van der Waals surface area contributed by atoms with Crippen molar-refractivity contribution in [3.05, 3.63) is 53.5 Å². The number of aliphatic carboxylic acids is 1. The van der Waals surface area contributed by atoms with Gasteiger partial charge in [0, 0.05) is 24.8 Å². The van der Waals surface area contributed by atoms with Crippen molar-refractivity contribution in [1.29, 1.82) is 0 Å². The van der Waals surface area contributed by atoms with Crippen LogP contribution in [0.15, 0.2) is 36.7 Å². The van der Waals surface area contributed by atoms with E-state index in [0.29, 0.717) is 13.1 Å². The highest BCUT2D eigenvalue weighted by Gasteiger charge is 2.30. The molecule has 5 nitrogen and oxygen atoms in total. The molecule has 0 radical (unpaired) electrons. The molecule has 20 heavy (non-hydrogen) atoms. The first-order valence-electron chi connectivity index (χ1n) is 6.49. The number of carboxylic acid groups (broad SMARTS) is 1. The van der Waals surface area contributed by atoms with Gasteiger partial charge >= 0.3 is 5.97 Å². The number of carboxylic acids is 1. The maximum Gasteiger partial charge on any atom is 0.312 e. The second kappa shape index (κ2) is 4.92. The van der Waals surface area contributed by atoms with Gasteiger partial charge in [-0.25, -0.2) is 9.97 Å². The Morgan fingerprint density at radius 3 is 2.90 bits per heavy atom. The molecule has 0 saturated heterocycles. The maximum atomic E-state index is 11.5. The fourth-order valence-corrected chi connectivity index (χ4v) is 2.61. The molecule has 5 heteroatoms. The monoisotopic (exact) mass is 269 g/mol. The summed E-state index contributed by atoms with van der Waals surface area (Å²) in [5.74, 6) is -0.540. The van der Waals surface area contributed by atoms with Crippen LogP contribution in [0.25, 0.3) is 0 Å². The van der Waals surface area contributed by atoms with Crippen LogP contribution in [0.1, 0.15) is 22.7 Å². The molecule has 0 aliphatic carbocycles. The minimum absolute atomic E-state index is 0.433. The van der Waals surface area contributed by atoms with Crippen LogP contribution in [-0.2, 0) is 11.3 Å². The van der Waals surface area contributed by atoms with E-state index in [-0.39, 0.29) is 0 Å². The lowest BCUT2D eigenvalue weighted by molar-refractivity contribution is -0.138. The van der Waals surface area contributed by atoms with E-state index in [9.17, 15) is 9.90 Å². The summed E-state index contributed by atoms with van der Waals surface area (Å²) < 4.78 is 0. The number of hydrogen-bond donors (Lipinski definition) is 1. The third-order valence-electron chi connectivity index (χ3n) is 3.61. The van der Waals surface area contributed by atoms with Gasteiger partial charge in [0.15, 0.2) is 0 Å². The minimum atomic E-state index is -0.798.